The van der Waals surface area contributed by atoms with Gasteiger partial charge in [-0.3, -0.25) is 14.5 Å². The van der Waals surface area contributed by atoms with E-state index in [1.165, 1.54) is 16.5 Å². The number of nitrogens with zero attached hydrogens (tertiary/aromatic N) is 2. The minimum absolute atomic E-state index is 0.0110. The molecule has 0 saturated heterocycles. The van der Waals surface area contributed by atoms with E-state index in [0.29, 0.717) is 29.2 Å². The number of para-hydroxylation sites is 1. The van der Waals surface area contributed by atoms with E-state index in [2.05, 4.69) is 31.0 Å². The number of fused-ring (bicyclic) bond motifs is 1. The highest BCUT2D eigenvalue weighted by Gasteiger charge is 2.22. The molecular weight excluding hydrogens is 376 g/mol. The highest BCUT2D eigenvalue weighted by atomic mass is 16.3. The smallest absolute Gasteiger partial charge is 0.295 e. The Hall–Kier alpha value is -3.73. The molecule has 0 spiro atoms. The van der Waals surface area contributed by atoms with Gasteiger partial charge in [0.25, 0.3) is 5.91 Å². The third-order valence-electron chi connectivity index (χ3n) is 5.00. The molecule has 0 aliphatic heterocycles. The zero-order valence-corrected chi connectivity index (χ0v) is 16.9. The van der Waals surface area contributed by atoms with Crippen molar-refractivity contribution in [2.45, 2.75) is 26.3 Å². The lowest BCUT2D eigenvalue weighted by atomic mass is 10.0. The van der Waals surface area contributed by atoms with Crippen molar-refractivity contribution in [3.63, 3.8) is 0 Å². The van der Waals surface area contributed by atoms with Crippen molar-refractivity contribution in [2.75, 3.05) is 4.90 Å². The zero-order valence-electron chi connectivity index (χ0n) is 16.9. The molecule has 0 fully saturated rings. The molecule has 0 N–H and O–H groups in total. The Kier molecular flexibility index (Phi) is 5.44. The Balaban J connectivity index is 1.73. The van der Waals surface area contributed by atoms with Crippen LogP contribution >= 0.6 is 0 Å². The van der Waals surface area contributed by atoms with Crippen LogP contribution in [0.1, 0.15) is 41.4 Å². The van der Waals surface area contributed by atoms with Crippen LogP contribution in [0.4, 0.5) is 5.82 Å². The van der Waals surface area contributed by atoms with E-state index >= 15 is 0 Å². The lowest BCUT2D eigenvalue weighted by Crippen LogP contribution is -2.31. The largest absolute Gasteiger partial charge is 0.451 e. The van der Waals surface area contributed by atoms with Gasteiger partial charge >= 0.3 is 0 Å². The first kappa shape index (κ1) is 19.6. The quantitative estimate of drug-likeness (QED) is 0.466. The van der Waals surface area contributed by atoms with E-state index in [-0.39, 0.29) is 11.2 Å². The second kappa shape index (κ2) is 8.33. The van der Waals surface area contributed by atoms with E-state index in [4.69, 9.17) is 4.42 Å². The minimum atomic E-state index is -0.413. The summed E-state index contributed by atoms with van der Waals surface area (Å²) in [7, 11) is 0. The SMILES string of the molecule is CC(C)c1ccc(CN(C(=O)c2cc(=O)c3ccccc3o2)c2ccccn2)cc1. The molecule has 4 aromatic rings. The van der Waals surface area contributed by atoms with Gasteiger partial charge in [0, 0.05) is 12.3 Å². The van der Waals surface area contributed by atoms with Gasteiger partial charge in [0.2, 0.25) is 0 Å². The monoisotopic (exact) mass is 398 g/mol. The molecule has 2 aromatic heterocycles. The summed E-state index contributed by atoms with van der Waals surface area (Å²) >= 11 is 0. The summed E-state index contributed by atoms with van der Waals surface area (Å²) in [5, 5.41) is 0.447. The summed E-state index contributed by atoms with van der Waals surface area (Å²) in [6, 6.07) is 21.7. The van der Waals surface area contributed by atoms with Crippen molar-refractivity contribution in [2.24, 2.45) is 0 Å². The number of amides is 1. The Morgan fingerprint density at radius 1 is 1.00 bits per heavy atom. The summed E-state index contributed by atoms with van der Waals surface area (Å²) in [5.41, 5.74) is 2.33. The number of hydrogen-bond donors (Lipinski definition) is 0. The summed E-state index contributed by atoms with van der Waals surface area (Å²) in [4.78, 5) is 31.7. The fraction of sp³-hybridized carbons (Fsp3) is 0.160. The number of rotatable bonds is 5. The Labute approximate surface area is 174 Å². The van der Waals surface area contributed by atoms with Crippen molar-refractivity contribution in [3.05, 3.63) is 106 Å². The summed E-state index contributed by atoms with van der Waals surface area (Å²) in [6.45, 7) is 4.59. The maximum atomic E-state index is 13.4. The lowest BCUT2D eigenvalue weighted by Gasteiger charge is -2.21. The summed E-state index contributed by atoms with van der Waals surface area (Å²) in [6.07, 6.45) is 1.63. The maximum Gasteiger partial charge on any atom is 0.295 e. The first-order chi connectivity index (χ1) is 14.5. The standard InChI is InChI=1S/C25H22N2O3/c1-17(2)19-12-10-18(11-13-19)16-27(24-9-5-6-14-26-24)25(29)23-15-21(28)20-7-3-4-8-22(20)30-23/h3-15,17H,16H2,1-2H3. The van der Waals surface area contributed by atoms with Gasteiger partial charge in [-0.05, 0) is 41.3 Å². The van der Waals surface area contributed by atoms with Crippen LogP contribution in [0, 0.1) is 0 Å². The third kappa shape index (κ3) is 4.01. The van der Waals surface area contributed by atoms with Gasteiger partial charge in [0.1, 0.15) is 11.4 Å². The van der Waals surface area contributed by atoms with Crippen molar-refractivity contribution in [3.8, 4) is 0 Å². The molecule has 0 unspecified atom stereocenters. The van der Waals surface area contributed by atoms with Crippen LogP contribution in [0.25, 0.3) is 11.0 Å². The van der Waals surface area contributed by atoms with Crippen molar-refractivity contribution in [1.29, 1.82) is 0 Å². The molecule has 30 heavy (non-hydrogen) atoms. The molecule has 0 radical (unpaired) electrons. The normalized spacial score (nSPS) is 11.0. The topological polar surface area (TPSA) is 63.4 Å². The highest BCUT2D eigenvalue weighted by Crippen LogP contribution is 2.21. The Morgan fingerprint density at radius 2 is 1.73 bits per heavy atom. The molecule has 0 atom stereocenters. The molecule has 5 heteroatoms. The molecule has 5 nitrogen and oxygen atoms in total. The minimum Gasteiger partial charge on any atom is -0.451 e. The zero-order chi connectivity index (χ0) is 21.1. The van der Waals surface area contributed by atoms with E-state index in [9.17, 15) is 9.59 Å². The van der Waals surface area contributed by atoms with E-state index in [0.717, 1.165) is 5.56 Å². The molecule has 150 valence electrons. The Bertz CT molecular complexity index is 1230. The number of carbonyl (C=O) groups excluding carboxylic acids is 1. The average Bonchev–Trinajstić information content (AvgIpc) is 2.78. The van der Waals surface area contributed by atoms with Crippen LogP contribution in [0.5, 0.6) is 0 Å². The average molecular weight is 398 g/mol. The molecule has 0 bridgehead atoms. The lowest BCUT2D eigenvalue weighted by molar-refractivity contribution is 0.0958. The molecule has 0 aliphatic carbocycles. The number of benzene rings is 2. The molecule has 4 rings (SSSR count). The first-order valence-electron chi connectivity index (χ1n) is 9.87. The predicted octanol–water partition coefficient (Wildman–Crippen LogP) is 5.16. The summed E-state index contributed by atoms with van der Waals surface area (Å²) in [5.74, 6) is 0.498. The van der Waals surface area contributed by atoms with Gasteiger partial charge in [0.05, 0.1) is 11.9 Å². The Morgan fingerprint density at radius 3 is 2.43 bits per heavy atom. The molecule has 0 aliphatic rings. The number of anilines is 1. The van der Waals surface area contributed by atoms with Gasteiger partial charge in [0.15, 0.2) is 11.2 Å². The van der Waals surface area contributed by atoms with Gasteiger partial charge in [-0.15, -0.1) is 0 Å². The molecule has 2 aromatic carbocycles. The third-order valence-corrected chi connectivity index (χ3v) is 5.00. The maximum absolute atomic E-state index is 13.4. The molecule has 2 heterocycles. The van der Waals surface area contributed by atoms with E-state index < -0.39 is 5.91 Å². The van der Waals surface area contributed by atoms with Crippen LogP contribution in [-0.4, -0.2) is 10.9 Å². The molecule has 0 saturated carbocycles. The first-order valence-corrected chi connectivity index (χ1v) is 9.87. The van der Waals surface area contributed by atoms with E-state index in [1.54, 1.807) is 42.6 Å². The van der Waals surface area contributed by atoms with Crippen LogP contribution < -0.4 is 10.3 Å². The molecule has 1 amide bonds. The van der Waals surface area contributed by atoms with Gasteiger partial charge in [-0.25, -0.2) is 4.98 Å². The highest BCUT2D eigenvalue weighted by molar-refractivity contribution is 6.04. The second-order valence-electron chi connectivity index (χ2n) is 7.45. The van der Waals surface area contributed by atoms with Gasteiger partial charge in [-0.2, -0.15) is 0 Å². The van der Waals surface area contributed by atoms with Crippen LogP contribution in [0.2, 0.25) is 0 Å². The predicted molar refractivity (Wildman–Crippen MR) is 118 cm³/mol. The van der Waals surface area contributed by atoms with E-state index in [1.807, 2.05) is 18.2 Å². The number of hydrogen-bond acceptors (Lipinski definition) is 4. The van der Waals surface area contributed by atoms with Gasteiger partial charge < -0.3 is 4.42 Å². The summed E-state index contributed by atoms with van der Waals surface area (Å²) < 4.78 is 5.78. The van der Waals surface area contributed by atoms with Crippen molar-refractivity contribution < 1.29 is 9.21 Å². The fourth-order valence-electron chi connectivity index (χ4n) is 3.30. The van der Waals surface area contributed by atoms with Crippen LogP contribution in [-0.2, 0) is 6.54 Å². The number of aromatic nitrogens is 1. The van der Waals surface area contributed by atoms with Crippen LogP contribution in [0.15, 0.2) is 88.2 Å². The van der Waals surface area contributed by atoms with Crippen LogP contribution in [0.3, 0.4) is 0 Å². The fourth-order valence-corrected chi connectivity index (χ4v) is 3.30. The number of carbonyl (C=O) groups is 1. The second-order valence-corrected chi connectivity index (χ2v) is 7.45. The van der Waals surface area contributed by atoms with Crippen molar-refractivity contribution >= 4 is 22.7 Å². The number of pyridine rings is 1. The van der Waals surface area contributed by atoms with Gasteiger partial charge in [-0.1, -0.05) is 56.3 Å². The van der Waals surface area contributed by atoms with Crippen molar-refractivity contribution in [1.82, 2.24) is 4.98 Å². The molecular formula is C25H22N2O3.